The van der Waals surface area contributed by atoms with E-state index >= 15 is 0 Å². The predicted molar refractivity (Wildman–Crippen MR) is 96.3 cm³/mol. The van der Waals surface area contributed by atoms with Crippen LogP contribution in [0.1, 0.15) is 29.3 Å². The number of rotatable bonds is 4. The van der Waals surface area contributed by atoms with Crippen LogP contribution in [0, 0.1) is 24.1 Å². The zero-order chi connectivity index (χ0) is 18.7. The van der Waals surface area contributed by atoms with E-state index in [1.165, 1.54) is 24.3 Å². The van der Waals surface area contributed by atoms with Crippen LogP contribution in [0.5, 0.6) is 0 Å². The van der Waals surface area contributed by atoms with E-state index in [0.29, 0.717) is 28.3 Å². The minimum Gasteiger partial charge on any atom is -0.379 e. The number of aryl methyl sites for hydroxylation is 1. The summed E-state index contributed by atoms with van der Waals surface area (Å²) >= 11 is 0. The molecule has 3 aromatic rings. The average molecular weight is 348 g/mol. The fraction of sp³-hybridized carbons (Fsp3) is 0.150. The second-order valence-corrected chi connectivity index (χ2v) is 6.12. The number of aromatic nitrogens is 2. The summed E-state index contributed by atoms with van der Waals surface area (Å²) in [6.07, 6.45) is 1.62. The van der Waals surface area contributed by atoms with E-state index in [9.17, 15) is 9.50 Å². The third kappa shape index (κ3) is 3.53. The first-order chi connectivity index (χ1) is 12.4. The Kier molecular flexibility index (Phi) is 4.65. The normalized spacial score (nSPS) is 12.9. The Morgan fingerprint density at radius 2 is 1.77 bits per heavy atom. The number of nitrogens with zero attached hydrogens (tertiary/aromatic N) is 3. The molecule has 26 heavy (non-hydrogen) atoms. The highest BCUT2D eigenvalue weighted by Gasteiger charge is 2.29. The van der Waals surface area contributed by atoms with E-state index in [1.807, 2.05) is 0 Å². The van der Waals surface area contributed by atoms with Gasteiger partial charge in [-0.15, -0.1) is 0 Å². The molecule has 0 aliphatic rings. The van der Waals surface area contributed by atoms with Crippen LogP contribution in [0.15, 0.2) is 54.7 Å². The molecule has 1 atom stereocenters. The second-order valence-electron chi connectivity index (χ2n) is 6.12. The fourth-order valence-electron chi connectivity index (χ4n) is 2.66. The van der Waals surface area contributed by atoms with Gasteiger partial charge in [0.15, 0.2) is 0 Å². The maximum atomic E-state index is 13.2. The summed E-state index contributed by atoms with van der Waals surface area (Å²) in [7, 11) is 0. The lowest BCUT2D eigenvalue weighted by molar-refractivity contribution is 0.0965. The maximum Gasteiger partial charge on any atom is 0.227 e. The van der Waals surface area contributed by atoms with Crippen molar-refractivity contribution in [3.63, 3.8) is 0 Å². The Morgan fingerprint density at radius 1 is 1.12 bits per heavy atom. The minimum absolute atomic E-state index is 0.317. The van der Waals surface area contributed by atoms with Gasteiger partial charge < -0.3 is 10.4 Å². The van der Waals surface area contributed by atoms with Gasteiger partial charge in [-0.05, 0) is 61.4 Å². The van der Waals surface area contributed by atoms with Crippen LogP contribution >= 0.6 is 0 Å². The van der Waals surface area contributed by atoms with E-state index in [4.69, 9.17) is 5.26 Å². The summed E-state index contributed by atoms with van der Waals surface area (Å²) in [4.78, 5) is 8.69. The van der Waals surface area contributed by atoms with Crippen LogP contribution in [0.3, 0.4) is 0 Å². The molecular formula is C20H17FN4O. The van der Waals surface area contributed by atoms with Gasteiger partial charge in [0.05, 0.1) is 17.3 Å². The van der Waals surface area contributed by atoms with Crippen molar-refractivity contribution < 1.29 is 9.50 Å². The van der Waals surface area contributed by atoms with Crippen LogP contribution in [-0.4, -0.2) is 15.1 Å². The van der Waals surface area contributed by atoms with Crippen molar-refractivity contribution >= 4 is 11.6 Å². The summed E-state index contributed by atoms with van der Waals surface area (Å²) in [5.41, 5.74) is 1.55. The molecule has 0 bridgehead atoms. The number of aliphatic hydroxyl groups is 1. The van der Waals surface area contributed by atoms with Gasteiger partial charge in [0.2, 0.25) is 5.95 Å². The first-order valence-corrected chi connectivity index (χ1v) is 8.00. The summed E-state index contributed by atoms with van der Waals surface area (Å²) in [5.74, 6) is -0.0511. The molecular weight excluding hydrogens is 331 g/mol. The first kappa shape index (κ1) is 17.5. The standard InChI is InChI=1S/C20H17FN4O/c1-13-12-23-19(24-17-9-3-14(11-22)4-10-17)25-18(13)20(2,26)15-5-7-16(21)8-6-15/h3-10,12,26H,1-2H3,(H,23,24,25). The number of benzene rings is 2. The molecule has 2 aromatic carbocycles. The molecule has 0 aliphatic carbocycles. The van der Waals surface area contributed by atoms with Crippen LogP contribution in [0.25, 0.3) is 0 Å². The highest BCUT2D eigenvalue weighted by molar-refractivity contribution is 5.55. The maximum absolute atomic E-state index is 13.2. The van der Waals surface area contributed by atoms with E-state index in [-0.39, 0.29) is 5.82 Å². The van der Waals surface area contributed by atoms with Gasteiger partial charge in [0.25, 0.3) is 0 Å². The number of halogens is 1. The molecule has 3 rings (SSSR count). The summed E-state index contributed by atoms with van der Waals surface area (Å²) in [6.45, 7) is 3.42. The molecule has 0 spiro atoms. The van der Waals surface area contributed by atoms with Crippen molar-refractivity contribution in [1.82, 2.24) is 9.97 Å². The fourth-order valence-corrected chi connectivity index (χ4v) is 2.66. The van der Waals surface area contributed by atoms with Crippen molar-refractivity contribution in [2.24, 2.45) is 0 Å². The molecule has 0 radical (unpaired) electrons. The molecule has 0 fully saturated rings. The quantitative estimate of drug-likeness (QED) is 0.749. The molecule has 0 saturated heterocycles. The molecule has 1 heterocycles. The molecule has 6 heteroatoms. The summed E-state index contributed by atoms with van der Waals surface area (Å²) in [6, 6.07) is 14.6. The Bertz CT molecular complexity index is 961. The smallest absolute Gasteiger partial charge is 0.227 e. The topological polar surface area (TPSA) is 81.8 Å². The number of hydrogen-bond donors (Lipinski definition) is 2. The summed E-state index contributed by atoms with van der Waals surface area (Å²) in [5, 5.41) is 22.9. The Labute approximate surface area is 150 Å². The minimum atomic E-state index is -1.40. The molecule has 2 N–H and O–H groups in total. The Morgan fingerprint density at radius 3 is 2.38 bits per heavy atom. The van der Waals surface area contributed by atoms with Gasteiger partial charge in [-0.2, -0.15) is 5.26 Å². The lowest BCUT2D eigenvalue weighted by Crippen LogP contribution is -2.26. The zero-order valence-electron chi connectivity index (χ0n) is 14.4. The van der Waals surface area contributed by atoms with Crippen molar-refractivity contribution in [3.05, 3.63) is 82.9 Å². The largest absolute Gasteiger partial charge is 0.379 e. The molecule has 1 unspecified atom stereocenters. The SMILES string of the molecule is Cc1cnc(Nc2ccc(C#N)cc2)nc1C(C)(O)c1ccc(F)cc1. The molecule has 130 valence electrons. The van der Waals surface area contributed by atoms with Crippen molar-refractivity contribution in [2.75, 3.05) is 5.32 Å². The third-order valence-corrected chi connectivity index (χ3v) is 4.11. The summed E-state index contributed by atoms with van der Waals surface area (Å²) < 4.78 is 13.2. The van der Waals surface area contributed by atoms with E-state index in [2.05, 4.69) is 21.4 Å². The number of nitrogens with one attached hydrogen (secondary N) is 1. The Hall–Kier alpha value is -3.30. The van der Waals surface area contributed by atoms with Crippen molar-refractivity contribution in [3.8, 4) is 6.07 Å². The lowest BCUT2D eigenvalue weighted by Gasteiger charge is -2.25. The molecule has 1 aromatic heterocycles. The zero-order valence-corrected chi connectivity index (χ0v) is 14.4. The molecule has 0 amide bonds. The highest BCUT2D eigenvalue weighted by atomic mass is 19.1. The molecule has 0 saturated carbocycles. The van der Waals surface area contributed by atoms with Gasteiger partial charge in [-0.3, -0.25) is 0 Å². The van der Waals surface area contributed by atoms with Gasteiger partial charge in [0, 0.05) is 11.9 Å². The van der Waals surface area contributed by atoms with E-state index < -0.39 is 5.60 Å². The van der Waals surface area contributed by atoms with Crippen LogP contribution < -0.4 is 5.32 Å². The van der Waals surface area contributed by atoms with Crippen LogP contribution in [0.2, 0.25) is 0 Å². The van der Waals surface area contributed by atoms with Crippen molar-refractivity contribution in [2.45, 2.75) is 19.4 Å². The monoisotopic (exact) mass is 348 g/mol. The van der Waals surface area contributed by atoms with Gasteiger partial charge >= 0.3 is 0 Å². The number of anilines is 2. The highest BCUT2D eigenvalue weighted by Crippen LogP contribution is 2.30. The van der Waals surface area contributed by atoms with Gasteiger partial charge in [0.1, 0.15) is 11.4 Å². The predicted octanol–water partition coefficient (Wildman–Crippen LogP) is 3.80. The second kappa shape index (κ2) is 6.90. The van der Waals surface area contributed by atoms with Gasteiger partial charge in [-0.25, -0.2) is 14.4 Å². The third-order valence-electron chi connectivity index (χ3n) is 4.11. The van der Waals surface area contributed by atoms with Crippen LogP contribution in [0.4, 0.5) is 16.0 Å². The number of nitriles is 1. The van der Waals surface area contributed by atoms with Gasteiger partial charge in [-0.1, -0.05) is 12.1 Å². The van der Waals surface area contributed by atoms with E-state index in [0.717, 1.165) is 5.69 Å². The molecule has 5 nitrogen and oxygen atoms in total. The lowest BCUT2D eigenvalue weighted by atomic mass is 9.90. The van der Waals surface area contributed by atoms with Crippen LogP contribution in [-0.2, 0) is 5.60 Å². The Balaban J connectivity index is 1.94. The first-order valence-electron chi connectivity index (χ1n) is 8.00. The number of hydrogen-bond acceptors (Lipinski definition) is 5. The molecule has 0 aliphatic heterocycles. The average Bonchev–Trinajstić information content (AvgIpc) is 2.64. The van der Waals surface area contributed by atoms with Crippen molar-refractivity contribution in [1.29, 1.82) is 5.26 Å². The van der Waals surface area contributed by atoms with E-state index in [1.54, 1.807) is 44.3 Å².